The smallest absolute Gasteiger partial charge is 0.124 e. The quantitative estimate of drug-likeness (QED) is 0.0819. The molecule has 0 saturated heterocycles. The summed E-state index contributed by atoms with van der Waals surface area (Å²) in [5.41, 5.74) is 13.9. The van der Waals surface area contributed by atoms with Gasteiger partial charge in [-0.3, -0.25) is 4.99 Å². The molecule has 0 heterocycles. The first kappa shape index (κ1) is 32.0. The van der Waals surface area contributed by atoms with Crippen LogP contribution in [0.1, 0.15) is 18.1 Å². The third kappa shape index (κ3) is 7.04. The highest BCUT2D eigenvalue weighted by Gasteiger charge is 2.12. The minimum atomic E-state index is 0.478. The molecule has 234 valence electrons. The van der Waals surface area contributed by atoms with E-state index >= 15 is 0 Å². The zero-order chi connectivity index (χ0) is 33.3. The van der Waals surface area contributed by atoms with Gasteiger partial charge < -0.3 is 5.73 Å². The minimum absolute atomic E-state index is 0.478. The molecule has 2 heteroatoms. The summed E-state index contributed by atoms with van der Waals surface area (Å²) in [5, 5.41) is 7.85. The lowest BCUT2D eigenvalue weighted by molar-refractivity contribution is 1.19. The first-order chi connectivity index (χ1) is 23.6. The molecule has 48 heavy (non-hydrogen) atoms. The molecular formula is C46H40N2. The van der Waals surface area contributed by atoms with Crippen molar-refractivity contribution < 1.29 is 0 Å². The van der Waals surface area contributed by atoms with Crippen LogP contribution in [-0.2, 0) is 6.42 Å². The van der Waals surface area contributed by atoms with Crippen molar-refractivity contribution in [2.45, 2.75) is 13.3 Å². The second kappa shape index (κ2) is 15.1. The highest BCUT2D eigenvalue weighted by Crippen LogP contribution is 2.39. The third-order valence-electron chi connectivity index (χ3n) is 8.64. The Morgan fingerprint density at radius 2 is 1.08 bits per heavy atom. The van der Waals surface area contributed by atoms with Gasteiger partial charge in [0.25, 0.3) is 0 Å². The predicted octanol–water partition coefficient (Wildman–Crippen LogP) is 11.7. The van der Waals surface area contributed by atoms with Gasteiger partial charge in [0.2, 0.25) is 0 Å². The third-order valence-corrected chi connectivity index (χ3v) is 8.64. The van der Waals surface area contributed by atoms with Crippen molar-refractivity contribution in [2.75, 3.05) is 7.05 Å². The molecule has 0 amide bonds. The first-order valence-electron chi connectivity index (χ1n) is 16.3. The van der Waals surface area contributed by atoms with E-state index in [1.54, 1.807) is 7.05 Å². The predicted molar refractivity (Wildman–Crippen MR) is 210 cm³/mol. The summed E-state index contributed by atoms with van der Waals surface area (Å²) in [5.74, 6) is 0.478. The van der Waals surface area contributed by atoms with Crippen molar-refractivity contribution in [1.82, 2.24) is 0 Å². The van der Waals surface area contributed by atoms with Gasteiger partial charge in [-0.1, -0.05) is 170 Å². The molecule has 7 aromatic carbocycles. The van der Waals surface area contributed by atoms with Crippen molar-refractivity contribution in [3.63, 3.8) is 0 Å². The van der Waals surface area contributed by atoms with Gasteiger partial charge in [0.1, 0.15) is 5.84 Å². The Morgan fingerprint density at radius 1 is 0.562 bits per heavy atom. The number of amidine groups is 1. The molecular weight excluding hydrogens is 581 g/mol. The molecule has 0 unspecified atom stereocenters. The molecule has 0 aromatic heterocycles. The van der Waals surface area contributed by atoms with Crippen LogP contribution in [0.25, 0.3) is 54.6 Å². The monoisotopic (exact) mass is 620 g/mol. The molecule has 7 aromatic rings. The molecule has 0 atom stereocenters. The van der Waals surface area contributed by atoms with E-state index in [-0.39, 0.29) is 0 Å². The maximum atomic E-state index is 5.47. The Kier molecular flexibility index (Phi) is 10.0. The summed E-state index contributed by atoms with van der Waals surface area (Å²) in [7, 11) is 1.64. The lowest BCUT2D eigenvalue weighted by Gasteiger charge is -2.15. The molecule has 0 aliphatic heterocycles. The lowest BCUT2D eigenvalue weighted by Crippen LogP contribution is -2.12. The van der Waals surface area contributed by atoms with Crippen LogP contribution in [0.15, 0.2) is 187 Å². The standard InChI is InChI=1S/C37H26.C9H14N2/c1-2-11-26(12-3-1)23-27-13-10-14-28(24-27)30-15-4-5-16-31(30)29-21-22-36-34-19-7-6-17-32(34)33-18-8-9-20-35(33)37(36)25-29;1-4-5-6-7-8(2)9(10)11-3/h1-22,24-25H,23H2;4-7H,2H2,1,3H3,(H2,10,11)/b;5-4-,7-6-. The zero-order valence-corrected chi connectivity index (χ0v) is 27.6. The van der Waals surface area contributed by atoms with Crippen LogP contribution in [0.5, 0.6) is 0 Å². The molecule has 7 rings (SSSR count). The van der Waals surface area contributed by atoms with Crippen LogP contribution >= 0.6 is 0 Å². The maximum Gasteiger partial charge on any atom is 0.124 e. The second-order valence-corrected chi connectivity index (χ2v) is 11.8. The molecule has 0 saturated carbocycles. The van der Waals surface area contributed by atoms with Gasteiger partial charge in [-0.25, -0.2) is 0 Å². The Hall–Kier alpha value is -5.99. The summed E-state index contributed by atoms with van der Waals surface area (Å²) in [6.45, 7) is 5.67. The van der Waals surface area contributed by atoms with E-state index in [9.17, 15) is 0 Å². The lowest BCUT2D eigenvalue weighted by atomic mass is 9.89. The van der Waals surface area contributed by atoms with E-state index in [1.807, 2.05) is 31.2 Å². The Balaban J connectivity index is 0.000000316. The Morgan fingerprint density at radius 3 is 1.69 bits per heavy atom. The molecule has 0 fully saturated rings. The average molecular weight is 621 g/mol. The molecule has 2 nitrogen and oxygen atoms in total. The number of hydrogen-bond acceptors (Lipinski definition) is 1. The van der Waals surface area contributed by atoms with Crippen molar-refractivity contribution in [3.05, 3.63) is 193 Å². The molecule has 0 spiro atoms. The van der Waals surface area contributed by atoms with Gasteiger partial charge in [-0.15, -0.1) is 0 Å². The van der Waals surface area contributed by atoms with Crippen LogP contribution in [0.3, 0.4) is 0 Å². The van der Waals surface area contributed by atoms with E-state index in [0.717, 1.165) is 12.0 Å². The van der Waals surface area contributed by atoms with Crippen LogP contribution in [-0.4, -0.2) is 12.9 Å². The van der Waals surface area contributed by atoms with Crippen molar-refractivity contribution in [2.24, 2.45) is 10.7 Å². The van der Waals surface area contributed by atoms with E-state index in [2.05, 4.69) is 157 Å². The number of aliphatic imine (C=N–C) groups is 1. The highest BCUT2D eigenvalue weighted by molar-refractivity contribution is 6.25. The molecule has 0 aliphatic rings. The van der Waals surface area contributed by atoms with Crippen LogP contribution < -0.4 is 5.73 Å². The number of hydrogen-bond donors (Lipinski definition) is 1. The number of nitrogens with zero attached hydrogens (tertiary/aromatic N) is 1. The molecule has 2 N–H and O–H groups in total. The largest absolute Gasteiger partial charge is 0.384 e. The minimum Gasteiger partial charge on any atom is -0.384 e. The van der Waals surface area contributed by atoms with E-state index < -0.39 is 0 Å². The normalized spacial score (nSPS) is 11.8. The average Bonchev–Trinajstić information content (AvgIpc) is 3.15. The van der Waals surface area contributed by atoms with Gasteiger partial charge >= 0.3 is 0 Å². The first-order valence-corrected chi connectivity index (χ1v) is 16.3. The summed E-state index contributed by atoms with van der Waals surface area (Å²) in [4.78, 5) is 3.79. The van der Waals surface area contributed by atoms with Crippen molar-refractivity contribution in [1.29, 1.82) is 0 Å². The zero-order valence-electron chi connectivity index (χ0n) is 27.6. The SMILES string of the molecule is C=C(/C=C\C=C/C)C(N)=NC.c1ccc(Cc2cccc(-c3ccccc3-c3ccc4c5ccccc5c5ccccc5c4c3)c2)cc1. The van der Waals surface area contributed by atoms with Gasteiger partial charge in [0, 0.05) is 12.6 Å². The number of benzene rings is 7. The van der Waals surface area contributed by atoms with Crippen molar-refractivity contribution >= 4 is 38.2 Å². The fourth-order valence-corrected chi connectivity index (χ4v) is 6.25. The van der Waals surface area contributed by atoms with E-state index in [4.69, 9.17) is 5.73 Å². The van der Waals surface area contributed by atoms with E-state index in [1.165, 1.54) is 65.7 Å². The fourth-order valence-electron chi connectivity index (χ4n) is 6.25. The molecule has 0 bridgehead atoms. The summed E-state index contributed by atoms with van der Waals surface area (Å²) in [6.07, 6.45) is 8.48. The van der Waals surface area contributed by atoms with Crippen LogP contribution in [0.2, 0.25) is 0 Å². The molecule has 0 aliphatic carbocycles. The maximum absolute atomic E-state index is 5.47. The number of nitrogens with two attached hydrogens (primary N) is 1. The Bertz CT molecular complexity index is 2270. The van der Waals surface area contributed by atoms with E-state index in [0.29, 0.717) is 5.84 Å². The summed E-state index contributed by atoms with van der Waals surface area (Å²) in [6, 6.07) is 53.0. The van der Waals surface area contributed by atoms with Gasteiger partial charge in [0.15, 0.2) is 0 Å². The van der Waals surface area contributed by atoms with Gasteiger partial charge in [0.05, 0.1) is 0 Å². The van der Waals surface area contributed by atoms with Crippen molar-refractivity contribution in [3.8, 4) is 22.3 Å². The number of rotatable bonds is 7. The summed E-state index contributed by atoms with van der Waals surface area (Å²) < 4.78 is 0. The number of allylic oxidation sites excluding steroid dienone is 3. The van der Waals surface area contributed by atoms with Crippen LogP contribution in [0, 0.1) is 0 Å². The number of fused-ring (bicyclic) bond motifs is 6. The second-order valence-electron chi connectivity index (χ2n) is 11.8. The highest BCUT2D eigenvalue weighted by atomic mass is 14.8. The fraction of sp³-hybridized carbons (Fsp3) is 0.0652. The molecule has 0 radical (unpaired) electrons. The summed E-state index contributed by atoms with van der Waals surface area (Å²) >= 11 is 0. The Labute approximate surface area is 283 Å². The topological polar surface area (TPSA) is 38.4 Å². The van der Waals surface area contributed by atoms with Gasteiger partial charge in [-0.05, 0) is 85.1 Å². The van der Waals surface area contributed by atoms with Gasteiger partial charge in [-0.2, -0.15) is 0 Å². The van der Waals surface area contributed by atoms with Crippen LogP contribution in [0.4, 0.5) is 0 Å².